The quantitative estimate of drug-likeness (QED) is 0.775. The number of nitrogens with one attached hydrogen (secondary N) is 1. The van der Waals surface area contributed by atoms with Crippen LogP contribution >= 0.6 is 0 Å². The van der Waals surface area contributed by atoms with E-state index in [2.05, 4.69) is 14.7 Å². The van der Waals surface area contributed by atoms with Gasteiger partial charge in [-0.15, -0.1) is 0 Å². The number of nitrogens with zero attached hydrogens (tertiary/aromatic N) is 2. The zero-order valence-electron chi connectivity index (χ0n) is 11.8. The molecular weight excluding hydrogens is 321 g/mol. The van der Waals surface area contributed by atoms with Crippen LogP contribution in [0.25, 0.3) is 11.5 Å². The molecule has 0 saturated heterocycles. The molecule has 0 fully saturated rings. The Morgan fingerprint density at radius 2 is 1.87 bits per heavy atom. The Hall–Kier alpha value is -2.58. The SMILES string of the molecule is O=S(=O)(NCc1nccnc1-c1ccco1)c1ccccc1F. The van der Waals surface area contributed by atoms with Gasteiger partial charge in [-0.25, -0.2) is 22.5 Å². The fourth-order valence-electron chi connectivity index (χ4n) is 2.02. The third-order valence-corrected chi connectivity index (χ3v) is 4.52. The van der Waals surface area contributed by atoms with Crippen molar-refractivity contribution >= 4 is 10.0 Å². The van der Waals surface area contributed by atoms with Crippen molar-refractivity contribution in [2.75, 3.05) is 0 Å². The van der Waals surface area contributed by atoms with Crippen molar-refractivity contribution in [3.05, 3.63) is 66.6 Å². The van der Waals surface area contributed by atoms with E-state index in [-0.39, 0.29) is 6.54 Å². The molecule has 0 bridgehead atoms. The van der Waals surface area contributed by atoms with Gasteiger partial charge in [0.05, 0.1) is 18.5 Å². The molecule has 0 aliphatic carbocycles. The van der Waals surface area contributed by atoms with Crippen LogP contribution in [0.5, 0.6) is 0 Å². The van der Waals surface area contributed by atoms with Gasteiger partial charge in [0.1, 0.15) is 16.4 Å². The first-order chi connectivity index (χ1) is 11.1. The summed E-state index contributed by atoms with van der Waals surface area (Å²) in [5, 5.41) is 0. The van der Waals surface area contributed by atoms with Crippen LogP contribution in [0.4, 0.5) is 4.39 Å². The van der Waals surface area contributed by atoms with Crippen LogP contribution in [0.15, 0.2) is 64.4 Å². The molecule has 2 aromatic heterocycles. The number of hydrogen-bond donors (Lipinski definition) is 1. The molecule has 23 heavy (non-hydrogen) atoms. The van der Waals surface area contributed by atoms with Gasteiger partial charge in [-0.05, 0) is 24.3 Å². The maximum atomic E-state index is 13.7. The topological polar surface area (TPSA) is 85.1 Å². The smallest absolute Gasteiger partial charge is 0.243 e. The molecule has 0 atom stereocenters. The van der Waals surface area contributed by atoms with E-state index >= 15 is 0 Å². The standard InChI is InChI=1S/C15H12FN3O3S/c16-11-4-1-2-6-14(11)23(20,21)19-10-12-15(18-8-7-17-12)13-5-3-9-22-13/h1-9,19H,10H2. The van der Waals surface area contributed by atoms with Crippen LogP contribution in [-0.2, 0) is 16.6 Å². The van der Waals surface area contributed by atoms with Crippen molar-refractivity contribution in [2.24, 2.45) is 0 Å². The third-order valence-electron chi connectivity index (χ3n) is 3.08. The summed E-state index contributed by atoms with van der Waals surface area (Å²) < 4.78 is 45.6. The number of hydrogen-bond acceptors (Lipinski definition) is 5. The Morgan fingerprint density at radius 3 is 2.61 bits per heavy atom. The Bertz CT molecular complexity index is 911. The summed E-state index contributed by atoms with van der Waals surface area (Å²) in [5.41, 5.74) is 0.802. The van der Waals surface area contributed by atoms with Crippen LogP contribution in [-0.4, -0.2) is 18.4 Å². The normalized spacial score (nSPS) is 11.5. The molecule has 8 heteroatoms. The molecule has 1 aromatic carbocycles. The number of halogens is 1. The Labute approximate surface area is 132 Å². The van der Waals surface area contributed by atoms with Crippen LogP contribution in [0.2, 0.25) is 0 Å². The van der Waals surface area contributed by atoms with Crippen LogP contribution in [0.1, 0.15) is 5.69 Å². The summed E-state index contributed by atoms with van der Waals surface area (Å²) in [6, 6.07) is 8.55. The van der Waals surface area contributed by atoms with Crippen LogP contribution in [0, 0.1) is 5.82 Å². The van der Waals surface area contributed by atoms with Crippen molar-refractivity contribution in [3.63, 3.8) is 0 Å². The average Bonchev–Trinajstić information content (AvgIpc) is 3.08. The Morgan fingerprint density at radius 1 is 1.09 bits per heavy atom. The predicted octanol–water partition coefficient (Wildman–Crippen LogP) is 2.35. The predicted molar refractivity (Wildman–Crippen MR) is 80.2 cm³/mol. The summed E-state index contributed by atoms with van der Waals surface area (Å²) in [4.78, 5) is 7.84. The van der Waals surface area contributed by atoms with Gasteiger partial charge in [0.2, 0.25) is 10.0 Å². The molecule has 0 aliphatic heterocycles. The third kappa shape index (κ3) is 3.27. The van der Waals surface area contributed by atoms with Crippen molar-refractivity contribution in [3.8, 4) is 11.5 Å². The van der Waals surface area contributed by atoms with Gasteiger partial charge in [0.25, 0.3) is 0 Å². The zero-order valence-corrected chi connectivity index (χ0v) is 12.6. The van der Waals surface area contributed by atoms with E-state index in [4.69, 9.17) is 4.42 Å². The largest absolute Gasteiger partial charge is 0.463 e. The van der Waals surface area contributed by atoms with Gasteiger partial charge in [0, 0.05) is 12.4 Å². The first-order valence-electron chi connectivity index (χ1n) is 6.66. The van der Waals surface area contributed by atoms with Crippen molar-refractivity contribution in [1.29, 1.82) is 0 Å². The van der Waals surface area contributed by atoms with Gasteiger partial charge in [0.15, 0.2) is 5.76 Å². The molecule has 6 nitrogen and oxygen atoms in total. The highest BCUT2D eigenvalue weighted by Crippen LogP contribution is 2.20. The summed E-state index contributed by atoms with van der Waals surface area (Å²) in [5.74, 6) is -0.344. The lowest BCUT2D eigenvalue weighted by Crippen LogP contribution is -2.25. The molecule has 0 spiro atoms. The maximum Gasteiger partial charge on any atom is 0.243 e. The minimum atomic E-state index is -4.00. The molecule has 1 N–H and O–H groups in total. The lowest BCUT2D eigenvalue weighted by molar-refractivity contribution is 0.555. The van der Waals surface area contributed by atoms with Crippen LogP contribution < -0.4 is 4.72 Å². The number of furan rings is 1. The zero-order chi connectivity index (χ0) is 16.3. The molecule has 118 valence electrons. The van der Waals surface area contributed by atoms with Gasteiger partial charge < -0.3 is 4.42 Å². The minimum Gasteiger partial charge on any atom is -0.463 e. The van der Waals surface area contributed by atoms with E-state index in [9.17, 15) is 12.8 Å². The molecule has 3 rings (SSSR count). The number of rotatable bonds is 5. The summed E-state index contributed by atoms with van der Waals surface area (Å²) >= 11 is 0. The van der Waals surface area contributed by atoms with Gasteiger partial charge in [-0.1, -0.05) is 12.1 Å². The first kappa shape index (κ1) is 15.3. The van der Waals surface area contributed by atoms with E-state index in [1.165, 1.54) is 36.9 Å². The first-order valence-corrected chi connectivity index (χ1v) is 8.14. The minimum absolute atomic E-state index is 0.138. The Balaban J connectivity index is 1.86. The lowest BCUT2D eigenvalue weighted by Gasteiger charge is -2.09. The average molecular weight is 333 g/mol. The van der Waals surface area contributed by atoms with Crippen LogP contribution in [0.3, 0.4) is 0 Å². The monoisotopic (exact) mass is 333 g/mol. The fourth-order valence-corrected chi connectivity index (χ4v) is 3.08. The van der Waals surface area contributed by atoms with E-state index < -0.39 is 20.7 Å². The molecule has 3 aromatic rings. The number of sulfonamides is 1. The highest BCUT2D eigenvalue weighted by molar-refractivity contribution is 7.89. The second-order valence-corrected chi connectivity index (χ2v) is 6.32. The number of aromatic nitrogens is 2. The van der Waals surface area contributed by atoms with E-state index in [1.54, 1.807) is 12.1 Å². The lowest BCUT2D eigenvalue weighted by atomic mass is 10.2. The molecule has 2 heterocycles. The van der Waals surface area contributed by atoms with Crippen molar-refractivity contribution in [1.82, 2.24) is 14.7 Å². The maximum absolute atomic E-state index is 13.7. The molecule has 0 amide bonds. The summed E-state index contributed by atoms with van der Waals surface area (Å²) in [6.07, 6.45) is 4.41. The van der Waals surface area contributed by atoms with Gasteiger partial charge in [-0.3, -0.25) is 4.98 Å². The second kappa shape index (κ2) is 6.27. The summed E-state index contributed by atoms with van der Waals surface area (Å²) in [7, 11) is -4.00. The fraction of sp³-hybridized carbons (Fsp3) is 0.0667. The Kier molecular flexibility index (Phi) is 4.18. The molecule has 0 unspecified atom stereocenters. The van der Waals surface area contributed by atoms with Gasteiger partial charge in [-0.2, -0.15) is 0 Å². The van der Waals surface area contributed by atoms with E-state index in [0.29, 0.717) is 17.1 Å². The van der Waals surface area contributed by atoms with Gasteiger partial charge >= 0.3 is 0 Å². The van der Waals surface area contributed by atoms with E-state index in [1.807, 2.05) is 0 Å². The highest BCUT2D eigenvalue weighted by atomic mass is 32.2. The molecule has 0 radical (unpaired) electrons. The van der Waals surface area contributed by atoms with Crippen molar-refractivity contribution in [2.45, 2.75) is 11.4 Å². The molecule has 0 aliphatic rings. The van der Waals surface area contributed by atoms with E-state index in [0.717, 1.165) is 6.07 Å². The molecular formula is C15H12FN3O3S. The van der Waals surface area contributed by atoms with Crippen molar-refractivity contribution < 1.29 is 17.2 Å². The molecule has 0 saturated carbocycles. The highest BCUT2D eigenvalue weighted by Gasteiger charge is 2.19. The number of benzene rings is 1. The second-order valence-electron chi connectivity index (χ2n) is 4.58. The summed E-state index contributed by atoms with van der Waals surface area (Å²) in [6.45, 7) is -0.138.